The number of carbonyl (C=O) groups excluding carboxylic acids is 1. The van der Waals surface area contributed by atoms with E-state index in [0.29, 0.717) is 12.0 Å². The summed E-state index contributed by atoms with van der Waals surface area (Å²) in [6.45, 7) is 1.97. The summed E-state index contributed by atoms with van der Waals surface area (Å²) in [6, 6.07) is 19.0. The lowest BCUT2D eigenvalue weighted by molar-refractivity contribution is -0.00345. The average molecular weight is 254 g/mol. The molecule has 2 heteroatoms. The largest absolute Gasteiger partial charge is 0.365 e. The molecule has 0 amide bonds. The van der Waals surface area contributed by atoms with Gasteiger partial charge in [-0.05, 0) is 12.0 Å². The third kappa shape index (κ3) is 2.45. The highest BCUT2D eigenvalue weighted by molar-refractivity contribution is 6.03. The van der Waals surface area contributed by atoms with Gasteiger partial charge in [-0.2, -0.15) is 0 Å². The Morgan fingerprint density at radius 1 is 1.00 bits per heavy atom. The summed E-state index contributed by atoms with van der Waals surface area (Å²) in [5.41, 5.74) is 0.673. The van der Waals surface area contributed by atoms with Crippen molar-refractivity contribution >= 4 is 5.78 Å². The molecule has 0 aliphatic carbocycles. The molecule has 0 saturated carbocycles. The first kappa shape index (κ1) is 13.5. The lowest BCUT2D eigenvalue weighted by Gasteiger charge is -2.30. The lowest BCUT2D eigenvalue weighted by Crippen LogP contribution is -2.37. The second kappa shape index (κ2) is 5.81. The molecule has 0 aliphatic rings. The summed E-state index contributed by atoms with van der Waals surface area (Å²) in [5.74, 6) is 0.00398. The fourth-order valence-electron chi connectivity index (χ4n) is 2.38. The first-order chi connectivity index (χ1) is 9.24. The van der Waals surface area contributed by atoms with E-state index in [1.54, 1.807) is 7.11 Å². The minimum atomic E-state index is -0.900. The zero-order chi connectivity index (χ0) is 13.7. The van der Waals surface area contributed by atoms with Crippen molar-refractivity contribution < 1.29 is 9.53 Å². The van der Waals surface area contributed by atoms with Crippen LogP contribution in [0.15, 0.2) is 60.7 Å². The van der Waals surface area contributed by atoms with Crippen molar-refractivity contribution in [3.05, 3.63) is 71.8 Å². The van der Waals surface area contributed by atoms with E-state index in [2.05, 4.69) is 0 Å². The third-order valence-corrected chi connectivity index (χ3v) is 3.49. The molecular weight excluding hydrogens is 236 g/mol. The molecule has 0 saturated heterocycles. The number of ether oxygens (including phenoxy) is 1. The van der Waals surface area contributed by atoms with Gasteiger partial charge in [0.2, 0.25) is 0 Å². The van der Waals surface area contributed by atoms with Gasteiger partial charge in [0, 0.05) is 12.7 Å². The van der Waals surface area contributed by atoms with Crippen molar-refractivity contribution in [2.75, 3.05) is 7.11 Å². The predicted octanol–water partition coefficient (Wildman–Crippen LogP) is 3.82. The summed E-state index contributed by atoms with van der Waals surface area (Å²) in [4.78, 5) is 12.8. The van der Waals surface area contributed by atoms with Gasteiger partial charge in [0.05, 0.1) is 0 Å². The molecule has 0 fully saturated rings. The second-order valence-electron chi connectivity index (χ2n) is 4.45. The van der Waals surface area contributed by atoms with Crippen molar-refractivity contribution in [1.29, 1.82) is 0 Å². The van der Waals surface area contributed by atoms with E-state index in [4.69, 9.17) is 4.74 Å². The van der Waals surface area contributed by atoms with E-state index in [1.165, 1.54) is 0 Å². The van der Waals surface area contributed by atoms with Crippen LogP contribution in [0.3, 0.4) is 0 Å². The third-order valence-electron chi connectivity index (χ3n) is 3.49. The van der Waals surface area contributed by atoms with Crippen molar-refractivity contribution in [3.63, 3.8) is 0 Å². The summed E-state index contributed by atoms with van der Waals surface area (Å²) in [5, 5.41) is 0. The molecule has 19 heavy (non-hydrogen) atoms. The summed E-state index contributed by atoms with van der Waals surface area (Å²) in [6.07, 6.45) is 0.598. The Balaban J connectivity index is 2.49. The van der Waals surface area contributed by atoms with Crippen LogP contribution in [0.4, 0.5) is 0 Å². The van der Waals surface area contributed by atoms with Crippen molar-refractivity contribution in [2.45, 2.75) is 18.9 Å². The quantitative estimate of drug-likeness (QED) is 0.758. The lowest BCUT2D eigenvalue weighted by atomic mass is 9.83. The number of rotatable bonds is 5. The Kier molecular flexibility index (Phi) is 4.13. The Morgan fingerprint density at radius 2 is 1.53 bits per heavy atom. The molecule has 2 rings (SSSR count). The van der Waals surface area contributed by atoms with Gasteiger partial charge in [-0.25, -0.2) is 0 Å². The van der Waals surface area contributed by atoms with Crippen molar-refractivity contribution in [3.8, 4) is 0 Å². The number of Topliss-reactive ketones (excluding diaryl/α,β-unsaturated/α-hetero) is 1. The zero-order valence-corrected chi connectivity index (χ0v) is 11.3. The van der Waals surface area contributed by atoms with E-state index in [0.717, 1.165) is 5.56 Å². The summed E-state index contributed by atoms with van der Waals surface area (Å²) >= 11 is 0. The molecule has 2 nitrogen and oxygen atoms in total. The van der Waals surface area contributed by atoms with Crippen LogP contribution in [-0.4, -0.2) is 12.9 Å². The van der Waals surface area contributed by atoms with Gasteiger partial charge < -0.3 is 4.74 Å². The highest BCUT2D eigenvalue weighted by atomic mass is 16.5. The molecular formula is C17H18O2. The molecule has 0 heterocycles. The maximum Gasteiger partial charge on any atom is 0.199 e. The Hall–Kier alpha value is -1.93. The van der Waals surface area contributed by atoms with Gasteiger partial charge in [-0.15, -0.1) is 0 Å². The minimum Gasteiger partial charge on any atom is -0.365 e. The second-order valence-corrected chi connectivity index (χ2v) is 4.45. The van der Waals surface area contributed by atoms with Gasteiger partial charge in [0.1, 0.15) is 0 Å². The van der Waals surface area contributed by atoms with Crippen LogP contribution in [0.1, 0.15) is 29.3 Å². The van der Waals surface area contributed by atoms with Crippen LogP contribution < -0.4 is 0 Å². The topological polar surface area (TPSA) is 26.3 Å². The Morgan fingerprint density at radius 3 is 2.00 bits per heavy atom. The Labute approximate surface area is 114 Å². The van der Waals surface area contributed by atoms with Crippen LogP contribution in [-0.2, 0) is 10.3 Å². The number of hydrogen-bond acceptors (Lipinski definition) is 2. The van der Waals surface area contributed by atoms with E-state index in [-0.39, 0.29) is 5.78 Å². The number of hydrogen-bond donors (Lipinski definition) is 0. The fraction of sp³-hybridized carbons (Fsp3) is 0.235. The van der Waals surface area contributed by atoms with E-state index in [9.17, 15) is 4.79 Å². The van der Waals surface area contributed by atoms with Crippen molar-refractivity contribution in [1.82, 2.24) is 0 Å². The molecule has 98 valence electrons. The maximum atomic E-state index is 12.8. The molecule has 0 N–H and O–H groups in total. The number of methoxy groups -OCH3 is 1. The molecule has 0 aliphatic heterocycles. The molecule has 0 radical (unpaired) electrons. The smallest absolute Gasteiger partial charge is 0.199 e. The van der Waals surface area contributed by atoms with E-state index in [1.807, 2.05) is 67.6 Å². The molecule has 0 spiro atoms. The van der Waals surface area contributed by atoms with Gasteiger partial charge in [-0.3, -0.25) is 4.79 Å². The van der Waals surface area contributed by atoms with Crippen LogP contribution in [0.2, 0.25) is 0 Å². The fourth-order valence-corrected chi connectivity index (χ4v) is 2.38. The molecule has 1 atom stereocenters. The van der Waals surface area contributed by atoms with Crippen LogP contribution in [0.5, 0.6) is 0 Å². The summed E-state index contributed by atoms with van der Waals surface area (Å²) in [7, 11) is 1.59. The van der Waals surface area contributed by atoms with Gasteiger partial charge in [0.15, 0.2) is 11.4 Å². The molecule has 0 aromatic heterocycles. The SMILES string of the molecule is CCC(OC)(C(=O)c1ccccc1)c1ccccc1. The van der Waals surface area contributed by atoms with Gasteiger partial charge in [0.25, 0.3) is 0 Å². The monoisotopic (exact) mass is 254 g/mol. The van der Waals surface area contributed by atoms with Crippen LogP contribution in [0.25, 0.3) is 0 Å². The number of carbonyl (C=O) groups is 1. The first-order valence-electron chi connectivity index (χ1n) is 6.45. The highest BCUT2D eigenvalue weighted by Crippen LogP contribution is 2.32. The van der Waals surface area contributed by atoms with Crippen LogP contribution in [0, 0.1) is 0 Å². The number of benzene rings is 2. The minimum absolute atomic E-state index is 0.00398. The number of ketones is 1. The maximum absolute atomic E-state index is 12.8. The van der Waals surface area contributed by atoms with E-state index >= 15 is 0 Å². The average Bonchev–Trinajstić information content (AvgIpc) is 2.51. The normalized spacial score (nSPS) is 13.8. The van der Waals surface area contributed by atoms with Gasteiger partial charge in [-0.1, -0.05) is 67.6 Å². The standard InChI is InChI=1S/C17H18O2/c1-3-17(19-2,15-12-8-5-9-13-15)16(18)14-10-6-4-7-11-14/h4-13H,3H2,1-2H3. The molecule has 2 aromatic carbocycles. The van der Waals surface area contributed by atoms with E-state index < -0.39 is 5.60 Å². The van der Waals surface area contributed by atoms with Crippen molar-refractivity contribution in [2.24, 2.45) is 0 Å². The zero-order valence-electron chi connectivity index (χ0n) is 11.3. The van der Waals surface area contributed by atoms with Crippen LogP contribution >= 0.6 is 0 Å². The predicted molar refractivity (Wildman–Crippen MR) is 76.2 cm³/mol. The van der Waals surface area contributed by atoms with Gasteiger partial charge >= 0.3 is 0 Å². The molecule has 2 aromatic rings. The molecule has 1 unspecified atom stereocenters. The molecule has 0 bridgehead atoms. The highest BCUT2D eigenvalue weighted by Gasteiger charge is 2.38. The Bertz CT molecular complexity index is 528. The first-order valence-corrected chi connectivity index (χ1v) is 6.45. The summed E-state index contributed by atoms with van der Waals surface area (Å²) < 4.78 is 5.64.